The van der Waals surface area contributed by atoms with Crippen LogP contribution < -0.4 is 5.32 Å². The summed E-state index contributed by atoms with van der Waals surface area (Å²) in [6.07, 6.45) is 5.37. The molecule has 0 radical (unpaired) electrons. The summed E-state index contributed by atoms with van der Waals surface area (Å²) in [4.78, 5) is 11.4. The molecule has 0 aliphatic heterocycles. The maximum atomic E-state index is 11.4. The van der Waals surface area contributed by atoms with Crippen molar-refractivity contribution in [2.24, 2.45) is 0 Å². The fourth-order valence-corrected chi connectivity index (χ4v) is 2.22. The molecule has 0 aliphatic rings. The van der Waals surface area contributed by atoms with E-state index in [4.69, 9.17) is 4.74 Å². The molecular formula is C17H27NO2. The molecule has 0 spiro atoms. The predicted octanol–water partition coefficient (Wildman–Crippen LogP) is 3.46. The number of rotatable bonds is 9. The Morgan fingerprint density at radius 3 is 2.60 bits per heavy atom. The molecule has 1 N–H and O–H groups in total. The maximum absolute atomic E-state index is 11.4. The van der Waals surface area contributed by atoms with Gasteiger partial charge in [0, 0.05) is 12.6 Å². The average molecular weight is 277 g/mol. The highest BCUT2D eigenvalue weighted by Crippen LogP contribution is 2.11. The van der Waals surface area contributed by atoms with E-state index in [1.54, 1.807) is 0 Å². The highest BCUT2D eigenvalue weighted by atomic mass is 16.5. The van der Waals surface area contributed by atoms with E-state index in [0.717, 1.165) is 12.1 Å². The highest BCUT2D eigenvalue weighted by Gasteiger charge is 2.08. The Bertz CT molecular complexity index is 404. The fraction of sp³-hybridized carbons (Fsp3) is 0.588. The number of esters is 1. The Balaban J connectivity index is 2.48. The van der Waals surface area contributed by atoms with Gasteiger partial charge in [0.1, 0.15) is 0 Å². The van der Waals surface area contributed by atoms with Crippen LogP contribution in [-0.2, 0) is 22.5 Å². The summed E-state index contributed by atoms with van der Waals surface area (Å²) in [5.41, 5.74) is 2.23. The van der Waals surface area contributed by atoms with E-state index in [0.29, 0.717) is 12.5 Å². The Labute approximate surface area is 122 Å². The van der Waals surface area contributed by atoms with Crippen LogP contribution in [0.25, 0.3) is 0 Å². The zero-order chi connectivity index (χ0) is 14.8. The number of carbonyl (C=O) groups is 1. The first-order valence-electron chi connectivity index (χ1n) is 7.54. The summed E-state index contributed by atoms with van der Waals surface area (Å²) in [7, 11) is 1.43. The molecule has 112 valence electrons. The lowest BCUT2D eigenvalue weighted by molar-refractivity contribution is -0.139. The molecule has 0 saturated heterocycles. The summed E-state index contributed by atoms with van der Waals surface area (Å²) in [6.45, 7) is 5.25. The summed E-state index contributed by atoms with van der Waals surface area (Å²) in [5.74, 6) is -0.187. The standard InChI is InChI=1S/C17H27NO2/c1-4-5-6-9-14(2)18-13-16-11-8-7-10-15(16)12-17(19)20-3/h7-8,10-11,14,18H,4-6,9,12-13H2,1-3H3. The van der Waals surface area contributed by atoms with Gasteiger partial charge >= 0.3 is 5.97 Å². The molecule has 0 aliphatic carbocycles. The van der Waals surface area contributed by atoms with E-state index in [2.05, 4.69) is 25.2 Å². The van der Waals surface area contributed by atoms with Crippen molar-refractivity contribution in [3.63, 3.8) is 0 Å². The minimum atomic E-state index is -0.187. The summed E-state index contributed by atoms with van der Waals surface area (Å²) in [5, 5.41) is 3.54. The summed E-state index contributed by atoms with van der Waals surface area (Å²) in [6, 6.07) is 8.55. The third kappa shape index (κ3) is 6.20. The molecule has 0 aromatic heterocycles. The zero-order valence-electron chi connectivity index (χ0n) is 12.9. The van der Waals surface area contributed by atoms with Gasteiger partial charge in [-0.25, -0.2) is 0 Å². The lowest BCUT2D eigenvalue weighted by atomic mass is 10.0. The Hall–Kier alpha value is -1.35. The van der Waals surface area contributed by atoms with Crippen molar-refractivity contribution < 1.29 is 9.53 Å². The fourth-order valence-electron chi connectivity index (χ4n) is 2.22. The van der Waals surface area contributed by atoms with Gasteiger partial charge in [0.2, 0.25) is 0 Å². The molecule has 1 aromatic carbocycles. The minimum Gasteiger partial charge on any atom is -0.469 e. The van der Waals surface area contributed by atoms with Crippen LogP contribution in [-0.4, -0.2) is 19.1 Å². The van der Waals surface area contributed by atoms with Crippen LogP contribution in [0.4, 0.5) is 0 Å². The lowest BCUT2D eigenvalue weighted by Crippen LogP contribution is -2.26. The molecule has 1 atom stereocenters. The Morgan fingerprint density at radius 2 is 1.95 bits per heavy atom. The van der Waals surface area contributed by atoms with Crippen molar-refractivity contribution in [3.8, 4) is 0 Å². The molecule has 20 heavy (non-hydrogen) atoms. The molecule has 0 bridgehead atoms. The smallest absolute Gasteiger partial charge is 0.309 e. The molecule has 3 heteroatoms. The first-order chi connectivity index (χ1) is 9.67. The van der Waals surface area contributed by atoms with Crippen molar-refractivity contribution in [2.45, 2.75) is 58.5 Å². The van der Waals surface area contributed by atoms with Crippen molar-refractivity contribution >= 4 is 5.97 Å². The molecule has 1 unspecified atom stereocenters. The molecule has 0 heterocycles. The Morgan fingerprint density at radius 1 is 1.25 bits per heavy atom. The van der Waals surface area contributed by atoms with Crippen molar-refractivity contribution in [1.29, 1.82) is 0 Å². The van der Waals surface area contributed by atoms with Gasteiger partial charge in [0.05, 0.1) is 13.5 Å². The number of unbranched alkanes of at least 4 members (excludes halogenated alkanes) is 2. The van der Waals surface area contributed by atoms with E-state index in [1.165, 1.54) is 38.4 Å². The normalized spacial score (nSPS) is 12.2. The molecule has 3 nitrogen and oxygen atoms in total. The van der Waals surface area contributed by atoms with E-state index in [9.17, 15) is 4.79 Å². The van der Waals surface area contributed by atoms with Gasteiger partial charge in [-0.15, -0.1) is 0 Å². The van der Waals surface area contributed by atoms with Gasteiger partial charge in [0.25, 0.3) is 0 Å². The topological polar surface area (TPSA) is 38.3 Å². The molecule has 1 rings (SSSR count). The number of ether oxygens (including phenoxy) is 1. The zero-order valence-corrected chi connectivity index (χ0v) is 12.9. The molecular weight excluding hydrogens is 250 g/mol. The largest absolute Gasteiger partial charge is 0.469 e. The quantitative estimate of drug-likeness (QED) is 0.555. The summed E-state index contributed by atoms with van der Waals surface area (Å²) >= 11 is 0. The van der Waals surface area contributed by atoms with Gasteiger partial charge < -0.3 is 10.1 Å². The maximum Gasteiger partial charge on any atom is 0.309 e. The third-order valence-corrected chi connectivity index (χ3v) is 3.56. The monoisotopic (exact) mass is 277 g/mol. The van der Waals surface area contributed by atoms with Crippen molar-refractivity contribution in [3.05, 3.63) is 35.4 Å². The molecule has 0 saturated carbocycles. The Kier molecular flexibility index (Phi) is 7.97. The average Bonchev–Trinajstić information content (AvgIpc) is 2.46. The van der Waals surface area contributed by atoms with Crippen LogP contribution in [0.1, 0.15) is 50.7 Å². The number of carbonyl (C=O) groups excluding carboxylic acids is 1. The first kappa shape index (κ1) is 16.7. The molecule has 0 fully saturated rings. The van der Waals surface area contributed by atoms with Gasteiger partial charge in [-0.1, -0.05) is 50.5 Å². The molecule has 0 amide bonds. The van der Waals surface area contributed by atoms with Crippen molar-refractivity contribution in [1.82, 2.24) is 5.32 Å². The number of hydrogen-bond acceptors (Lipinski definition) is 3. The van der Waals surface area contributed by atoms with Gasteiger partial charge in [-0.05, 0) is 24.5 Å². The van der Waals surface area contributed by atoms with Gasteiger partial charge in [0.15, 0.2) is 0 Å². The minimum absolute atomic E-state index is 0.187. The SMILES string of the molecule is CCCCCC(C)NCc1ccccc1CC(=O)OC. The van der Waals surface area contributed by atoms with Gasteiger partial charge in [-0.3, -0.25) is 4.79 Å². The number of nitrogens with one attached hydrogen (secondary N) is 1. The van der Waals surface area contributed by atoms with E-state index in [1.807, 2.05) is 18.2 Å². The van der Waals surface area contributed by atoms with Gasteiger partial charge in [-0.2, -0.15) is 0 Å². The second-order valence-corrected chi connectivity index (χ2v) is 5.30. The van der Waals surface area contributed by atoms with Crippen LogP contribution >= 0.6 is 0 Å². The van der Waals surface area contributed by atoms with E-state index >= 15 is 0 Å². The predicted molar refractivity (Wildman–Crippen MR) is 82.6 cm³/mol. The van der Waals surface area contributed by atoms with E-state index < -0.39 is 0 Å². The van der Waals surface area contributed by atoms with Crippen LogP contribution in [0.5, 0.6) is 0 Å². The highest BCUT2D eigenvalue weighted by molar-refractivity contribution is 5.72. The third-order valence-electron chi connectivity index (χ3n) is 3.56. The lowest BCUT2D eigenvalue weighted by Gasteiger charge is -2.15. The van der Waals surface area contributed by atoms with Crippen molar-refractivity contribution in [2.75, 3.05) is 7.11 Å². The first-order valence-corrected chi connectivity index (χ1v) is 7.54. The second-order valence-electron chi connectivity index (χ2n) is 5.30. The second kappa shape index (κ2) is 9.54. The van der Waals surface area contributed by atoms with Crippen LogP contribution in [0, 0.1) is 0 Å². The van der Waals surface area contributed by atoms with E-state index in [-0.39, 0.29) is 5.97 Å². The number of benzene rings is 1. The number of hydrogen-bond donors (Lipinski definition) is 1. The summed E-state index contributed by atoms with van der Waals surface area (Å²) < 4.78 is 4.74. The van der Waals surface area contributed by atoms with Crippen LogP contribution in [0.2, 0.25) is 0 Å². The number of methoxy groups -OCH3 is 1. The molecule has 1 aromatic rings. The van der Waals surface area contributed by atoms with Crippen LogP contribution in [0.3, 0.4) is 0 Å². The van der Waals surface area contributed by atoms with Crippen LogP contribution in [0.15, 0.2) is 24.3 Å².